The van der Waals surface area contributed by atoms with Gasteiger partial charge in [0.25, 0.3) is 5.91 Å². The van der Waals surface area contributed by atoms with E-state index in [1.807, 2.05) is 12.1 Å². The molecule has 1 amide bonds. The summed E-state index contributed by atoms with van der Waals surface area (Å²) in [6, 6.07) is 12.1. The summed E-state index contributed by atoms with van der Waals surface area (Å²) >= 11 is 6.27. The lowest BCUT2D eigenvalue weighted by Gasteiger charge is -2.13. The maximum Gasteiger partial charge on any atom is 0.253 e. The number of benzene rings is 2. The van der Waals surface area contributed by atoms with Crippen molar-refractivity contribution in [3.8, 4) is 0 Å². The highest BCUT2D eigenvalue weighted by Crippen LogP contribution is 2.24. The molecule has 1 aliphatic rings. The van der Waals surface area contributed by atoms with Crippen molar-refractivity contribution in [2.75, 3.05) is 5.32 Å². The lowest BCUT2D eigenvalue weighted by atomic mass is 10.0. The van der Waals surface area contributed by atoms with Crippen LogP contribution in [-0.2, 0) is 6.54 Å². The number of carbonyl (C=O) groups excluding carboxylic acids is 1. The van der Waals surface area contributed by atoms with E-state index >= 15 is 0 Å². The van der Waals surface area contributed by atoms with E-state index in [-0.39, 0.29) is 5.91 Å². The van der Waals surface area contributed by atoms with Gasteiger partial charge in [-0.15, -0.1) is 0 Å². The third-order valence-corrected chi connectivity index (χ3v) is 4.55. The van der Waals surface area contributed by atoms with E-state index in [0.29, 0.717) is 16.6 Å². The van der Waals surface area contributed by atoms with Crippen molar-refractivity contribution in [2.24, 2.45) is 0 Å². The first-order valence-corrected chi connectivity index (χ1v) is 8.32. The molecule has 0 aromatic heterocycles. The summed E-state index contributed by atoms with van der Waals surface area (Å²) < 4.78 is 0. The number of halogens is 1. The van der Waals surface area contributed by atoms with Gasteiger partial charge in [-0.3, -0.25) is 4.79 Å². The summed E-state index contributed by atoms with van der Waals surface area (Å²) in [4.78, 5) is 12.1. The van der Waals surface area contributed by atoms with Gasteiger partial charge in [0.1, 0.15) is 0 Å². The molecule has 120 valence electrons. The Kier molecular flexibility index (Phi) is 4.58. The summed E-state index contributed by atoms with van der Waals surface area (Å²) in [5.41, 5.74) is 5.28. The van der Waals surface area contributed by atoms with Crippen molar-refractivity contribution < 1.29 is 4.79 Å². The van der Waals surface area contributed by atoms with Crippen molar-refractivity contribution >= 4 is 23.2 Å². The van der Waals surface area contributed by atoms with E-state index in [1.165, 1.54) is 16.7 Å². The summed E-state index contributed by atoms with van der Waals surface area (Å²) in [6.07, 6.45) is 2.14. The van der Waals surface area contributed by atoms with Crippen molar-refractivity contribution in [2.45, 2.75) is 39.3 Å². The van der Waals surface area contributed by atoms with E-state index in [9.17, 15) is 4.79 Å². The van der Waals surface area contributed by atoms with E-state index in [2.05, 4.69) is 42.7 Å². The van der Waals surface area contributed by atoms with Gasteiger partial charge in [0.2, 0.25) is 0 Å². The minimum atomic E-state index is -0.0844. The molecule has 2 aromatic carbocycles. The normalized spacial score (nSPS) is 13.7. The first kappa shape index (κ1) is 15.9. The molecule has 2 N–H and O–H groups in total. The number of aryl methyl sites for hydroxylation is 2. The molecular formula is C19H21ClN2O. The second-order valence-corrected chi connectivity index (χ2v) is 6.57. The largest absolute Gasteiger partial charge is 0.381 e. The summed E-state index contributed by atoms with van der Waals surface area (Å²) in [5.74, 6) is -0.0844. The fourth-order valence-corrected chi connectivity index (χ4v) is 2.88. The van der Waals surface area contributed by atoms with Crippen LogP contribution in [0.5, 0.6) is 0 Å². The molecule has 0 unspecified atom stereocenters. The van der Waals surface area contributed by atoms with E-state index < -0.39 is 0 Å². The summed E-state index contributed by atoms with van der Waals surface area (Å²) in [6.45, 7) is 4.97. The Labute approximate surface area is 142 Å². The van der Waals surface area contributed by atoms with Gasteiger partial charge >= 0.3 is 0 Å². The van der Waals surface area contributed by atoms with Crippen LogP contribution in [0.3, 0.4) is 0 Å². The topological polar surface area (TPSA) is 41.1 Å². The molecule has 0 bridgehead atoms. The van der Waals surface area contributed by atoms with Crippen LogP contribution in [0.25, 0.3) is 0 Å². The molecule has 1 saturated carbocycles. The molecule has 3 nitrogen and oxygen atoms in total. The first-order chi connectivity index (χ1) is 11.0. The molecule has 4 heteroatoms. The molecule has 1 fully saturated rings. The highest BCUT2D eigenvalue weighted by Gasteiger charge is 2.24. The van der Waals surface area contributed by atoms with Gasteiger partial charge in [-0.05, 0) is 61.6 Å². The van der Waals surface area contributed by atoms with Gasteiger partial charge in [0.15, 0.2) is 0 Å². The molecule has 2 aromatic rings. The number of hydrogen-bond donors (Lipinski definition) is 2. The highest BCUT2D eigenvalue weighted by atomic mass is 35.5. The van der Waals surface area contributed by atoms with Gasteiger partial charge < -0.3 is 10.6 Å². The van der Waals surface area contributed by atoms with Crippen molar-refractivity contribution in [1.82, 2.24) is 5.32 Å². The predicted octanol–water partition coefficient (Wildman–Crippen LogP) is 4.46. The van der Waals surface area contributed by atoms with Crippen molar-refractivity contribution in [3.63, 3.8) is 0 Å². The van der Waals surface area contributed by atoms with Gasteiger partial charge in [0.05, 0.1) is 10.6 Å². The standard InChI is InChI=1S/C19H21ClN2O/c1-12-4-3-5-13(2)17(12)11-21-15-8-9-16(18(20)10-15)19(23)22-14-6-7-14/h3-5,8-10,14,21H,6-7,11H2,1-2H3,(H,22,23). The van der Waals surface area contributed by atoms with Gasteiger partial charge in [-0.25, -0.2) is 0 Å². The Morgan fingerprint density at radius 3 is 2.48 bits per heavy atom. The molecule has 23 heavy (non-hydrogen) atoms. The van der Waals surface area contributed by atoms with Crippen LogP contribution in [0.4, 0.5) is 5.69 Å². The molecule has 0 radical (unpaired) electrons. The lowest BCUT2D eigenvalue weighted by Crippen LogP contribution is -2.25. The Balaban J connectivity index is 1.69. The average molecular weight is 329 g/mol. The fourth-order valence-electron chi connectivity index (χ4n) is 2.62. The van der Waals surface area contributed by atoms with Crippen molar-refractivity contribution in [1.29, 1.82) is 0 Å². The minimum Gasteiger partial charge on any atom is -0.381 e. The van der Waals surface area contributed by atoms with Crippen LogP contribution in [0, 0.1) is 13.8 Å². The molecule has 0 saturated heterocycles. The van der Waals surface area contributed by atoms with Gasteiger partial charge in [-0.1, -0.05) is 29.8 Å². The molecular weight excluding hydrogens is 308 g/mol. The average Bonchev–Trinajstić information content (AvgIpc) is 3.30. The number of hydrogen-bond acceptors (Lipinski definition) is 2. The predicted molar refractivity (Wildman–Crippen MR) is 95.2 cm³/mol. The smallest absolute Gasteiger partial charge is 0.253 e. The van der Waals surface area contributed by atoms with Crippen LogP contribution in [0.15, 0.2) is 36.4 Å². The van der Waals surface area contributed by atoms with Crippen molar-refractivity contribution in [3.05, 3.63) is 63.7 Å². The highest BCUT2D eigenvalue weighted by molar-refractivity contribution is 6.34. The Bertz CT molecular complexity index is 718. The van der Waals surface area contributed by atoms with E-state index in [4.69, 9.17) is 11.6 Å². The van der Waals surface area contributed by atoms with Crippen LogP contribution < -0.4 is 10.6 Å². The second kappa shape index (κ2) is 6.63. The zero-order valence-electron chi connectivity index (χ0n) is 13.4. The third kappa shape index (κ3) is 3.85. The summed E-state index contributed by atoms with van der Waals surface area (Å²) in [5, 5.41) is 6.83. The Morgan fingerprint density at radius 1 is 1.17 bits per heavy atom. The number of amides is 1. The third-order valence-electron chi connectivity index (χ3n) is 4.24. The zero-order valence-corrected chi connectivity index (χ0v) is 14.2. The van der Waals surface area contributed by atoms with Gasteiger partial charge in [-0.2, -0.15) is 0 Å². The summed E-state index contributed by atoms with van der Waals surface area (Å²) in [7, 11) is 0. The molecule has 3 rings (SSSR count). The minimum absolute atomic E-state index is 0.0844. The van der Waals surface area contributed by atoms with E-state index in [1.54, 1.807) is 6.07 Å². The second-order valence-electron chi connectivity index (χ2n) is 6.17. The zero-order chi connectivity index (χ0) is 16.4. The molecule has 1 aliphatic carbocycles. The van der Waals surface area contributed by atoms with Crippen LogP contribution in [0.2, 0.25) is 5.02 Å². The quantitative estimate of drug-likeness (QED) is 0.850. The number of nitrogens with one attached hydrogen (secondary N) is 2. The SMILES string of the molecule is Cc1cccc(C)c1CNc1ccc(C(=O)NC2CC2)c(Cl)c1. The Morgan fingerprint density at radius 2 is 1.87 bits per heavy atom. The molecule has 0 spiro atoms. The molecule has 0 aliphatic heterocycles. The fraction of sp³-hybridized carbons (Fsp3) is 0.316. The lowest BCUT2D eigenvalue weighted by molar-refractivity contribution is 0.0951. The maximum absolute atomic E-state index is 12.1. The number of rotatable bonds is 5. The van der Waals surface area contributed by atoms with E-state index in [0.717, 1.165) is 25.1 Å². The number of carbonyl (C=O) groups is 1. The first-order valence-electron chi connectivity index (χ1n) is 7.94. The molecule has 0 atom stereocenters. The Hall–Kier alpha value is -2.00. The van der Waals surface area contributed by atoms with Gasteiger partial charge in [0, 0.05) is 18.3 Å². The maximum atomic E-state index is 12.1. The van der Waals surface area contributed by atoms with Crippen LogP contribution in [-0.4, -0.2) is 11.9 Å². The van der Waals surface area contributed by atoms with Crippen LogP contribution >= 0.6 is 11.6 Å². The van der Waals surface area contributed by atoms with Crippen LogP contribution in [0.1, 0.15) is 39.9 Å². The monoisotopic (exact) mass is 328 g/mol. The number of anilines is 1. The molecule has 0 heterocycles.